The number of rotatable bonds is 12. The molecule has 294 valence electrons. The van der Waals surface area contributed by atoms with Gasteiger partial charge in [0.2, 0.25) is 11.1 Å². The number of benzene rings is 2. The van der Waals surface area contributed by atoms with Gasteiger partial charge in [-0.05, 0) is 93.2 Å². The van der Waals surface area contributed by atoms with Gasteiger partial charge < -0.3 is 34.6 Å². The van der Waals surface area contributed by atoms with E-state index in [2.05, 4.69) is 80.5 Å². The fourth-order valence-corrected chi connectivity index (χ4v) is 6.20. The molecule has 15 heteroatoms. The van der Waals surface area contributed by atoms with E-state index in [1.165, 1.54) is 41.1 Å². The van der Waals surface area contributed by atoms with Crippen molar-refractivity contribution in [3.63, 3.8) is 0 Å². The number of nitrogens with one attached hydrogen (secondary N) is 2. The fourth-order valence-electron chi connectivity index (χ4n) is 5.78. The van der Waals surface area contributed by atoms with Crippen LogP contribution in [0.25, 0.3) is 0 Å². The first-order valence-corrected chi connectivity index (χ1v) is 19.4. The molecule has 0 spiro atoms. The predicted molar refractivity (Wildman–Crippen MR) is 213 cm³/mol. The molecule has 2 aromatic heterocycles. The van der Waals surface area contributed by atoms with Crippen LogP contribution < -0.4 is 15.5 Å². The zero-order chi connectivity index (χ0) is 40.7. The topological polar surface area (TPSA) is 183 Å². The third kappa shape index (κ3) is 12.2. The molecule has 55 heavy (non-hydrogen) atoms. The largest absolute Gasteiger partial charge is 0.462 e. The SMILES string of the molecule is C=O.C=O.CCOC(=O)c1cnc(N2CC3CC3C2)nc1NCc1ccc(C)c(C)c1.CCOC(=O)c1cnc(S(C)=O)nc1NCc1ccc(C)c(C)c1. The highest BCUT2D eigenvalue weighted by Gasteiger charge is 2.46. The summed E-state index contributed by atoms with van der Waals surface area (Å²) < 4.78 is 21.8. The number of hydrogen-bond acceptors (Lipinski definition) is 14. The van der Waals surface area contributed by atoms with Gasteiger partial charge in [0.05, 0.1) is 24.0 Å². The molecule has 0 radical (unpaired) electrons. The van der Waals surface area contributed by atoms with Crippen LogP contribution in [0.15, 0.2) is 53.9 Å². The summed E-state index contributed by atoms with van der Waals surface area (Å²) in [7, 11) is -1.33. The van der Waals surface area contributed by atoms with E-state index < -0.39 is 22.7 Å². The van der Waals surface area contributed by atoms with E-state index in [4.69, 9.17) is 19.1 Å². The summed E-state index contributed by atoms with van der Waals surface area (Å²) in [5.41, 5.74) is 7.75. The number of hydrogen-bond donors (Lipinski definition) is 2. The molecule has 4 aromatic rings. The highest BCUT2D eigenvalue weighted by molar-refractivity contribution is 7.84. The van der Waals surface area contributed by atoms with Crippen molar-refractivity contribution in [2.45, 2.75) is 66.2 Å². The lowest BCUT2D eigenvalue weighted by molar-refractivity contribution is -0.0987. The molecule has 0 amide bonds. The Kier molecular flexibility index (Phi) is 17.0. The molecule has 1 saturated heterocycles. The Morgan fingerprint density at radius 2 is 1.20 bits per heavy atom. The summed E-state index contributed by atoms with van der Waals surface area (Å²) in [5, 5.41) is 6.62. The number of anilines is 3. The van der Waals surface area contributed by atoms with Gasteiger partial charge in [0.15, 0.2) is 0 Å². The number of aryl methyl sites for hydroxylation is 4. The molecule has 2 aromatic carbocycles. The van der Waals surface area contributed by atoms with Gasteiger partial charge >= 0.3 is 11.9 Å². The third-order valence-electron chi connectivity index (χ3n) is 9.11. The van der Waals surface area contributed by atoms with Gasteiger partial charge in [0.1, 0.15) is 36.3 Å². The number of carbonyl (C=O) groups excluding carboxylic acids is 4. The Balaban J connectivity index is 0.000000273. The van der Waals surface area contributed by atoms with Gasteiger partial charge in [-0.15, -0.1) is 0 Å². The number of piperidine rings is 1. The summed E-state index contributed by atoms with van der Waals surface area (Å²) in [6, 6.07) is 12.5. The molecule has 1 aliphatic heterocycles. The first-order valence-electron chi connectivity index (χ1n) is 17.8. The average molecular weight is 774 g/mol. The fraction of sp³-hybridized carbons (Fsp3) is 0.400. The first-order chi connectivity index (χ1) is 26.5. The Labute approximate surface area is 325 Å². The van der Waals surface area contributed by atoms with Gasteiger partial charge in [-0.3, -0.25) is 4.21 Å². The van der Waals surface area contributed by atoms with Crippen molar-refractivity contribution in [2.24, 2.45) is 11.8 Å². The minimum absolute atomic E-state index is 0.172. The van der Waals surface area contributed by atoms with Crippen LogP contribution in [0.5, 0.6) is 0 Å². The van der Waals surface area contributed by atoms with E-state index in [1.807, 2.05) is 32.6 Å². The summed E-state index contributed by atoms with van der Waals surface area (Å²) in [5.74, 6) is 2.25. The van der Waals surface area contributed by atoms with Crippen LogP contribution >= 0.6 is 0 Å². The molecule has 3 heterocycles. The van der Waals surface area contributed by atoms with Crippen molar-refractivity contribution >= 4 is 53.9 Å². The Morgan fingerprint density at radius 1 is 0.745 bits per heavy atom. The van der Waals surface area contributed by atoms with E-state index in [1.54, 1.807) is 20.0 Å². The second-order valence-corrected chi connectivity index (χ2v) is 14.2. The number of carbonyl (C=O) groups is 4. The third-order valence-corrected chi connectivity index (χ3v) is 9.83. The van der Waals surface area contributed by atoms with Crippen molar-refractivity contribution in [3.8, 4) is 0 Å². The Bertz CT molecular complexity index is 1950. The quantitative estimate of drug-likeness (QED) is 0.134. The smallest absolute Gasteiger partial charge is 0.343 e. The maximum atomic E-state index is 12.3. The van der Waals surface area contributed by atoms with Crippen LogP contribution in [0.3, 0.4) is 0 Å². The minimum Gasteiger partial charge on any atom is -0.462 e. The van der Waals surface area contributed by atoms with Crippen molar-refractivity contribution in [1.29, 1.82) is 0 Å². The van der Waals surface area contributed by atoms with E-state index in [9.17, 15) is 13.8 Å². The molecule has 3 atom stereocenters. The molecule has 2 N–H and O–H groups in total. The number of aromatic nitrogens is 4. The lowest BCUT2D eigenvalue weighted by Crippen LogP contribution is -2.25. The van der Waals surface area contributed by atoms with Gasteiger partial charge in [-0.1, -0.05) is 36.4 Å². The van der Waals surface area contributed by atoms with Crippen LogP contribution in [0, 0.1) is 39.5 Å². The van der Waals surface area contributed by atoms with E-state index in [-0.39, 0.29) is 17.3 Å². The molecule has 6 rings (SSSR count). The highest BCUT2D eigenvalue weighted by Crippen LogP contribution is 2.45. The van der Waals surface area contributed by atoms with Gasteiger partial charge in [0.25, 0.3) is 0 Å². The Morgan fingerprint density at radius 3 is 1.64 bits per heavy atom. The molecule has 2 fully saturated rings. The summed E-state index contributed by atoms with van der Waals surface area (Å²) in [4.78, 5) is 59.9. The molecule has 0 bridgehead atoms. The summed E-state index contributed by atoms with van der Waals surface area (Å²) >= 11 is 0. The minimum atomic E-state index is -1.33. The predicted octanol–water partition coefficient (Wildman–Crippen LogP) is 5.59. The zero-order valence-corrected chi connectivity index (χ0v) is 33.5. The average Bonchev–Trinajstić information content (AvgIpc) is 3.81. The molecular formula is C40H51N7O7S. The van der Waals surface area contributed by atoms with Crippen LogP contribution in [0.4, 0.5) is 17.6 Å². The highest BCUT2D eigenvalue weighted by atomic mass is 32.2. The lowest BCUT2D eigenvalue weighted by Gasteiger charge is -2.19. The van der Waals surface area contributed by atoms with Crippen LogP contribution in [-0.2, 0) is 43.0 Å². The van der Waals surface area contributed by atoms with Gasteiger partial charge in [-0.2, -0.15) is 4.98 Å². The van der Waals surface area contributed by atoms with Gasteiger partial charge in [0, 0.05) is 44.8 Å². The van der Waals surface area contributed by atoms with Gasteiger partial charge in [-0.25, -0.2) is 24.5 Å². The van der Waals surface area contributed by atoms with E-state index in [0.717, 1.165) is 36.1 Å². The number of fused-ring (bicyclic) bond motifs is 1. The van der Waals surface area contributed by atoms with Crippen molar-refractivity contribution in [3.05, 3.63) is 93.3 Å². The first kappa shape index (κ1) is 43.8. The van der Waals surface area contributed by atoms with Crippen molar-refractivity contribution in [2.75, 3.05) is 48.1 Å². The normalized spacial score (nSPS) is 15.3. The summed E-state index contributed by atoms with van der Waals surface area (Å²) in [6.45, 7) is 19.5. The molecule has 14 nitrogen and oxygen atoms in total. The summed E-state index contributed by atoms with van der Waals surface area (Å²) in [6.07, 6.45) is 5.76. The molecular weight excluding hydrogens is 723 g/mol. The molecule has 2 aliphatic rings. The van der Waals surface area contributed by atoms with E-state index >= 15 is 0 Å². The van der Waals surface area contributed by atoms with Crippen LogP contribution in [0.2, 0.25) is 0 Å². The number of nitrogens with zero attached hydrogens (tertiary/aromatic N) is 5. The standard InChI is InChI=1S/C21H26N4O2.C17H21N3O3S.2CH2O/c1-4-27-20(26)18-10-23-21(25-11-16-8-17(16)12-25)24-19(18)22-9-15-6-5-13(2)14(3)7-15;1-5-23-16(21)14-10-19-17(24(4)22)20-15(14)18-9-13-7-6-11(2)12(3)8-13;2*1-2/h5-7,10,16-17H,4,8-9,11-12H2,1-3H3,(H,22,23,24);6-8,10H,5,9H2,1-4H3,(H,18,19,20);2*1H2. The molecule has 1 aliphatic carbocycles. The van der Waals surface area contributed by atoms with Crippen molar-refractivity contribution < 1.29 is 32.9 Å². The number of ether oxygens (including phenoxy) is 2. The zero-order valence-electron chi connectivity index (χ0n) is 32.6. The van der Waals surface area contributed by atoms with E-state index in [0.29, 0.717) is 42.8 Å². The number of esters is 2. The monoisotopic (exact) mass is 773 g/mol. The Hall–Kier alpha value is -5.57. The molecule has 3 unspecified atom stereocenters. The second kappa shape index (κ2) is 21.4. The van der Waals surface area contributed by atoms with Crippen LogP contribution in [-0.4, -0.2) is 82.2 Å². The lowest BCUT2D eigenvalue weighted by atomic mass is 10.1. The maximum absolute atomic E-state index is 12.3. The van der Waals surface area contributed by atoms with Crippen LogP contribution in [0.1, 0.15) is 74.4 Å². The molecule has 1 saturated carbocycles. The maximum Gasteiger partial charge on any atom is 0.343 e. The van der Waals surface area contributed by atoms with Crippen molar-refractivity contribution in [1.82, 2.24) is 19.9 Å². The second-order valence-electron chi connectivity index (χ2n) is 12.9.